The molecule has 17 nitrogen and oxygen atoms in total. The van der Waals surface area contributed by atoms with Crippen LogP contribution in [0, 0.1) is 17.8 Å². The predicted octanol–water partition coefficient (Wildman–Crippen LogP) is 24.9. The van der Waals surface area contributed by atoms with Gasteiger partial charge in [-0.05, 0) is 43.4 Å². The van der Waals surface area contributed by atoms with Gasteiger partial charge < -0.3 is 33.8 Å². The van der Waals surface area contributed by atoms with Gasteiger partial charge in [0.2, 0.25) is 0 Å². The normalized spacial score (nSPS) is 13.9. The molecule has 19 heteroatoms. The number of hydrogen-bond acceptors (Lipinski definition) is 15. The Morgan fingerprint density at radius 1 is 0.265 bits per heavy atom. The fraction of sp³-hybridized carbons (Fsp3) is 0.952. The molecule has 0 bridgehead atoms. The van der Waals surface area contributed by atoms with Gasteiger partial charge in [-0.1, -0.05) is 382 Å². The summed E-state index contributed by atoms with van der Waals surface area (Å²) in [6, 6.07) is 0. The van der Waals surface area contributed by atoms with Crippen LogP contribution in [0.15, 0.2) is 0 Å². The monoisotopic (exact) mass is 1490 g/mol. The van der Waals surface area contributed by atoms with Crippen molar-refractivity contribution in [3.8, 4) is 0 Å². The maximum absolute atomic E-state index is 13.1. The summed E-state index contributed by atoms with van der Waals surface area (Å²) in [5.41, 5.74) is 0. The van der Waals surface area contributed by atoms with Crippen LogP contribution in [0.3, 0.4) is 0 Å². The zero-order valence-electron chi connectivity index (χ0n) is 67.1. The molecule has 2 unspecified atom stereocenters. The second-order valence-electron chi connectivity index (χ2n) is 31.3. The lowest BCUT2D eigenvalue weighted by atomic mass is 10.0. The van der Waals surface area contributed by atoms with Crippen molar-refractivity contribution in [1.82, 2.24) is 0 Å². The highest BCUT2D eigenvalue weighted by molar-refractivity contribution is 7.47. The molecule has 0 aliphatic rings. The van der Waals surface area contributed by atoms with E-state index in [0.717, 1.165) is 108 Å². The Kier molecular flexibility index (Phi) is 71.8. The molecular formula is C83H162O17P2. The molecule has 0 amide bonds. The molecule has 0 saturated heterocycles. The van der Waals surface area contributed by atoms with Crippen LogP contribution in [0.1, 0.15) is 434 Å². The summed E-state index contributed by atoms with van der Waals surface area (Å²) >= 11 is 0. The van der Waals surface area contributed by atoms with Crippen molar-refractivity contribution in [2.24, 2.45) is 17.8 Å². The van der Waals surface area contributed by atoms with Gasteiger partial charge in [0.15, 0.2) is 12.2 Å². The molecular weight excluding hydrogens is 1330 g/mol. The summed E-state index contributed by atoms with van der Waals surface area (Å²) < 4.78 is 68.8. The van der Waals surface area contributed by atoms with Gasteiger partial charge in [-0.25, -0.2) is 9.13 Å². The summed E-state index contributed by atoms with van der Waals surface area (Å²) in [5.74, 6) is 0.279. The molecule has 0 heterocycles. The van der Waals surface area contributed by atoms with Gasteiger partial charge in [-0.2, -0.15) is 0 Å². The lowest BCUT2D eigenvalue weighted by Crippen LogP contribution is -2.30. The maximum atomic E-state index is 13.1. The molecule has 102 heavy (non-hydrogen) atoms. The van der Waals surface area contributed by atoms with Crippen molar-refractivity contribution in [2.45, 2.75) is 452 Å². The Labute approximate surface area is 626 Å². The molecule has 0 aliphatic carbocycles. The average molecular weight is 1490 g/mol. The van der Waals surface area contributed by atoms with Crippen LogP contribution in [0.5, 0.6) is 0 Å². The fourth-order valence-electron chi connectivity index (χ4n) is 12.8. The summed E-state index contributed by atoms with van der Waals surface area (Å²) in [6.07, 6.45) is 62.3. The number of rotatable bonds is 81. The summed E-state index contributed by atoms with van der Waals surface area (Å²) in [5, 5.41) is 10.7. The largest absolute Gasteiger partial charge is 0.472 e. The minimum absolute atomic E-state index is 0.107. The van der Waals surface area contributed by atoms with E-state index in [1.54, 1.807) is 0 Å². The first-order valence-corrected chi connectivity index (χ1v) is 45.8. The van der Waals surface area contributed by atoms with E-state index in [0.29, 0.717) is 25.7 Å². The van der Waals surface area contributed by atoms with Crippen LogP contribution in [0.25, 0.3) is 0 Å². The number of phosphoric ester groups is 2. The molecule has 0 rings (SSSR count). The third-order valence-corrected chi connectivity index (χ3v) is 21.3. The molecule has 3 N–H and O–H groups in total. The number of phosphoric acid groups is 2. The van der Waals surface area contributed by atoms with Crippen LogP contribution in [0.2, 0.25) is 0 Å². The highest BCUT2D eigenvalue weighted by atomic mass is 31.2. The number of esters is 4. The zero-order valence-corrected chi connectivity index (χ0v) is 68.9. The Morgan fingerprint density at radius 3 is 0.667 bits per heavy atom. The van der Waals surface area contributed by atoms with E-state index in [-0.39, 0.29) is 25.7 Å². The van der Waals surface area contributed by atoms with E-state index in [1.165, 1.54) is 244 Å². The molecule has 0 fully saturated rings. The average Bonchev–Trinajstić information content (AvgIpc) is 0.917. The van der Waals surface area contributed by atoms with Crippen LogP contribution in [0.4, 0.5) is 0 Å². The SMILES string of the molecule is CCCCCCCCCCCCCC(=O)OC[C@H](COP(=O)(O)OC[C@H](O)COP(=O)(O)OC[C@@H](COC(=O)CCCCCCCCCCCCCCCCCC(C)C)OC(=O)CCCCCCCCCCCCCCCCCC(C)C)OC(=O)CCCCCCCCCCCCCCC(C)C. The summed E-state index contributed by atoms with van der Waals surface area (Å²) in [6.45, 7) is 12.0. The number of aliphatic hydroxyl groups excluding tert-OH is 1. The third-order valence-electron chi connectivity index (χ3n) is 19.4. The van der Waals surface area contributed by atoms with Gasteiger partial charge in [-0.3, -0.25) is 37.3 Å². The molecule has 0 aliphatic heterocycles. The molecule has 0 aromatic rings. The first-order chi connectivity index (χ1) is 49.2. The molecule has 0 aromatic carbocycles. The van der Waals surface area contributed by atoms with Crippen LogP contribution in [-0.2, 0) is 65.4 Å². The molecule has 606 valence electrons. The Hall–Kier alpha value is -1.94. The lowest BCUT2D eigenvalue weighted by Gasteiger charge is -2.21. The highest BCUT2D eigenvalue weighted by Crippen LogP contribution is 2.45. The zero-order chi connectivity index (χ0) is 75.1. The predicted molar refractivity (Wildman–Crippen MR) is 418 cm³/mol. The highest BCUT2D eigenvalue weighted by Gasteiger charge is 2.30. The van der Waals surface area contributed by atoms with Crippen molar-refractivity contribution >= 4 is 39.5 Å². The van der Waals surface area contributed by atoms with E-state index in [4.69, 9.17) is 37.0 Å². The van der Waals surface area contributed by atoms with Crippen LogP contribution in [-0.4, -0.2) is 96.7 Å². The topological polar surface area (TPSA) is 237 Å². The number of aliphatic hydroxyl groups is 1. The molecule has 0 saturated carbocycles. The van der Waals surface area contributed by atoms with Gasteiger partial charge in [0.05, 0.1) is 26.4 Å². The Balaban J connectivity index is 5.25. The van der Waals surface area contributed by atoms with Crippen molar-refractivity contribution in [3.05, 3.63) is 0 Å². The van der Waals surface area contributed by atoms with Crippen molar-refractivity contribution < 1.29 is 80.2 Å². The Bertz CT molecular complexity index is 1970. The maximum Gasteiger partial charge on any atom is 0.472 e. The van der Waals surface area contributed by atoms with Crippen molar-refractivity contribution in [1.29, 1.82) is 0 Å². The number of carbonyl (C=O) groups excluding carboxylic acids is 4. The van der Waals surface area contributed by atoms with Crippen molar-refractivity contribution in [2.75, 3.05) is 39.6 Å². The van der Waals surface area contributed by atoms with Gasteiger partial charge in [0.1, 0.15) is 19.3 Å². The van der Waals surface area contributed by atoms with E-state index < -0.39 is 97.5 Å². The van der Waals surface area contributed by atoms with Gasteiger partial charge in [-0.15, -0.1) is 0 Å². The third kappa shape index (κ3) is 76.3. The number of unbranched alkanes of at least 4 members (excludes halogenated alkanes) is 49. The van der Waals surface area contributed by atoms with E-state index in [2.05, 4.69) is 48.5 Å². The van der Waals surface area contributed by atoms with Gasteiger partial charge in [0, 0.05) is 25.7 Å². The second kappa shape index (κ2) is 73.2. The minimum Gasteiger partial charge on any atom is -0.462 e. The van der Waals surface area contributed by atoms with Gasteiger partial charge in [0.25, 0.3) is 0 Å². The number of ether oxygens (including phenoxy) is 4. The fourth-order valence-corrected chi connectivity index (χ4v) is 14.4. The number of carbonyl (C=O) groups is 4. The van der Waals surface area contributed by atoms with E-state index in [1.807, 2.05) is 0 Å². The van der Waals surface area contributed by atoms with Crippen LogP contribution >= 0.6 is 15.6 Å². The minimum atomic E-state index is -4.96. The molecule has 0 aromatic heterocycles. The second-order valence-corrected chi connectivity index (χ2v) is 34.2. The van der Waals surface area contributed by atoms with Crippen molar-refractivity contribution in [3.63, 3.8) is 0 Å². The van der Waals surface area contributed by atoms with Gasteiger partial charge >= 0.3 is 39.5 Å². The van der Waals surface area contributed by atoms with Crippen LogP contribution < -0.4 is 0 Å². The van der Waals surface area contributed by atoms with E-state index in [9.17, 15) is 43.2 Å². The lowest BCUT2D eigenvalue weighted by molar-refractivity contribution is -0.161. The van der Waals surface area contributed by atoms with E-state index >= 15 is 0 Å². The molecule has 0 radical (unpaired) electrons. The number of hydrogen-bond donors (Lipinski definition) is 3. The molecule has 0 spiro atoms. The smallest absolute Gasteiger partial charge is 0.462 e. The summed E-state index contributed by atoms with van der Waals surface area (Å²) in [7, 11) is -9.92. The Morgan fingerprint density at radius 2 is 0.451 bits per heavy atom. The standard InChI is InChI=1S/C83H162O17P2/c1-8-9-10-11-12-13-26-36-43-50-57-64-80(85)93-70-78(100-83(88)67-60-53-46-39-32-25-24-29-35-42-49-56-63-76(6)7)72-97-101(89,90)95-68-77(84)69-96-102(91,92)98-73-79(99-82(87)66-59-52-45-38-31-23-19-15-17-21-28-34-41-48-55-62-75(4)5)71-94-81(86)65-58-51-44-37-30-22-18-14-16-20-27-33-40-47-54-61-74(2)3/h74-79,84H,8-73H2,1-7H3,(H,89,90)(H,91,92)/t77-,78+,79+/m0/s1. The first kappa shape index (κ1) is 100. The quantitative estimate of drug-likeness (QED) is 0.0222. The molecule has 5 atom stereocenters. The first-order valence-electron chi connectivity index (χ1n) is 42.8. The summed E-state index contributed by atoms with van der Waals surface area (Å²) in [4.78, 5) is 73.1.